The maximum atomic E-state index is 5.14. The van der Waals surface area contributed by atoms with E-state index in [9.17, 15) is 0 Å². The highest BCUT2D eigenvalue weighted by molar-refractivity contribution is 6.10. The summed E-state index contributed by atoms with van der Waals surface area (Å²) < 4.78 is 1.99. The second-order valence-corrected chi connectivity index (χ2v) is 9.47. The summed E-state index contributed by atoms with van der Waals surface area (Å²) in [5, 5.41) is 8.09. The summed E-state index contributed by atoms with van der Waals surface area (Å²) in [6.45, 7) is 0. The maximum Gasteiger partial charge on any atom is 0.159 e. The van der Waals surface area contributed by atoms with Crippen LogP contribution in [0.2, 0.25) is 0 Å². The van der Waals surface area contributed by atoms with E-state index in [1.54, 1.807) is 12.4 Å². The Kier molecular flexibility index (Phi) is 4.72. The molecule has 3 aromatic carbocycles. The number of benzene rings is 3. The average Bonchev–Trinajstić information content (AvgIpc) is 3.40. The van der Waals surface area contributed by atoms with E-state index in [4.69, 9.17) is 15.1 Å². The van der Waals surface area contributed by atoms with E-state index >= 15 is 0 Å². The van der Waals surface area contributed by atoms with Crippen molar-refractivity contribution in [1.82, 2.24) is 29.5 Å². The Hall–Kier alpha value is -5.49. The fourth-order valence-electron chi connectivity index (χ4n) is 5.34. The van der Waals surface area contributed by atoms with Crippen molar-refractivity contribution in [3.05, 3.63) is 122 Å². The molecule has 0 aliphatic carbocycles. The van der Waals surface area contributed by atoms with E-state index < -0.39 is 0 Å². The minimum absolute atomic E-state index is 0.714. The Balaban J connectivity index is 1.30. The van der Waals surface area contributed by atoms with Gasteiger partial charge in [-0.15, -0.1) is 0 Å². The van der Waals surface area contributed by atoms with Crippen LogP contribution in [0.15, 0.2) is 122 Å². The van der Waals surface area contributed by atoms with E-state index in [0.29, 0.717) is 5.82 Å². The van der Waals surface area contributed by atoms with E-state index in [-0.39, 0.29) is 0 Å². The highest BCUT2D eigenvalue weighted by Gasteiger charge is 2.15. The highest BCUT2D eigenvalue weighted by Crippen LogP contribution is 2.35. The molecule has 0 aliphatic heterocycles. The van der Waals surface area contributed by atoms with Gasteiger partial charge in [0.15, 0.2) is 5.82 Å². The number of aromatic nitrogens is 6. The molecule has 5 heterocycles. The number of pyridine rings is 3. The molecular weight excluding hydrogens is 480 g/mol. The van der Waals surface area contributed by atoms with Crippen LogP contribution in [-0.4, -0.2) is 29.5 Å². The number of rotatable bonds is 3. The van der Waals surface area contributed by atoms with Gasteiger partial charge in [-0.05, 0) is 53.6 Å². The van der Waals surface area contributed by atoms with Gasteiger partial charge >= 0.3 is 0 Å². The number of fused-ring (bicyclic) bond motifs is 6. The normalized spacial score (nSPS) is 11.6. The lowest BCUT2D eigenvalue weighted by Gasteiger charge is -2.12. The van der Waals surface area contributed by atoms with Gasteiger partial charge in [-0.25, -0.2) is 19.5 Å². The zero-order valence-electron chi connectivity index (χ0n) is 20.7. The summed E-state index contributed by atoms with van der Waals surface area (Å²) in [4.78, 5) is 18.7. The molecule has 6 nitrogen and oxygen atoms in total. The lowest BCUT2D eigenvalue weighted by atomic mass is 9.96. The summed E-state index contributed by atoms with van der Waals surface area (Å²) in [6, 6.07) is 35.1. The van der Waals surface area contributed by atoms with Crippen LogP contribution in [0.3, 0.4) is 0 Å². The van der Waals surface area contributed by atoms with Crippen molar-refractivity contribution in [1.29, 1.82) is 0 Å². The van der Waals surface area contributed by atoms with Gasteiger partial charge in [-0.1, -0.05) is 60.7 Å². The van der Waals surface area contributed by atoms with Crippen molar-refractivity contribution in [3.63, 3.8) is 0 Å². The molecule has 0 bridgehead atoms. The molecule has 0 spiro atoms. The Morgan fingerprint density at radius 1 is 0.564 bits per heavy atom. The molecule has 0 aliphatic rings. The van der Waals surface area contributed by atoms with Gasteiger partial charge in [0.25, 0.3) is 0 Å². The zero-order chi connectivity index (χ0) is 25.8. The molecule has 0 radical (unpaired) electrons. The average molecular weight is 501 g/mol. The van der Waals surface area contributed by atoms with Gasteiger partial charge in [0.2, 0.25) is 0 Å². The lowest BCUT2D eigenvalue weighted by molar-refractivity contribution is 0.984. The minimum atomic E-state index is 0.714. The molecule has 0 fully saturated rings. The third kappa shape index (κ3) is 3.46. The summed E-state index contributed by atoms with van der Waals surface area (Å²) in [5.41, 5.74) is 8.77. The van der Waals surface area contributed by atoms with Gasteiger partial charge < -0.3 is 0 Å². The minimum Gasteiger partial charge on any atom is -0.254 e. The topological polar surface area (TPSA) is 68.9 Å². The molecular formula is C33H20N6. The molecule has 0 amide bonds. The first kappa shape index (κ1) is 21.6. The molecule has 0 saturated carbocycles. The van der Waals surface area contributed by atoms with Crippen LogP contribution in [0.25, 0.3) is 72.1 Å². The highest BCUT2D eigenvalue weighted by atomic mass is 15.2. The Labute approximate surface area is 223 Å². The predicted molar refractivity (Wildman–Crippen MR) is 155 cm³/mol. The van der Waals surface area contributed by atoms with Crippen LogP contribution < -0.4 is 0 Å². The molecule has 0 unspecified atom stereocenters. The van der Waals surface area contributed by atoms with Gasteiger partial charge in [0, 0.05) is 40.3 Å². The lowest BCUT2D eigenvalue weighted by Crippen LogP contribution is -1.97. The fourth-order valence-corrected chi connectivity index (χ4v) is 5.34. The maximum absolute atomic E-state index is 5.14. The van der Waals surface area contributed by atoms with Gasteiger partial charge in [-0.2, -0.15) is 5.10 Å². The van der Waals surface area contributed by atoms with Crippen LogP contribution in [0.4, 0.5) is 0 Å². The molecule has 0 atom stereocenters. The monoisotopic (exact) mass is 500 g/mol. The summed E-state index contributed by atoms with van der Waals surface area (Å²) in [5.74, 6) is 0.714. The van der Waals surface area contributed by atoms with Gasteiger partial charge in [0.05, 0.1) is 33.5 Å². The standard InChI is InChI=1S/C33H20N6/c1-2-8-27-25(6-1)29-9-3-10-30(39(29)38-27)28-16-15-23-20-26(24-7-4-17-34-32(24)31(23)37-28)21-11-13-22(14-12-21)33-35-18-5-19-36-33/h1-20H. The van der Waals surface area contributed by atoms with E-state index in [0.717, 1.165) is 66.3 Å². The Morgan fingerprint density at radius 2 is 1.36 bits per heavy atom. The van der Waals surface area contributed by atoms with Crippen molar-refractivity contribution in [2.45, 2.75) is 0 Å². The van der Waals surface area contributed by atoms with Crippen molar-refractivity contribution >= 4 is 38.2 Å². The van der Waals surface area contributed by atoms with Crippen LogP contribution >= 0.6 is 0 Å². The third-order valence-corrected chi connectivity index (χ3v) is 7.18. The van der Waals surface area contributed by atoms with Crippen molar-refractivity contribution < 1.29 is 0 Å². The molecule has 5 aromatic heterocycles. The van der Waals surface area contributed by atoms with Crippen molar-refractivity contribution in [3.8, 4) is 33.9 Å². The third-order valence-electron chi connectivity index (χ3n) is 7.18. The van der Waals surface area contributed by atoms with Crippen LogP contribution in [0.5, 0.6) is 0 Å². The van der Waals surface area contributed by atoms with Crippen LogP contribution in [-0.2, 0) is 0 Å². The van der Waals surface area contributed by atoms with Crippen molar-refractivity contribution in [2.24, 2.45) is 0 Å². The molecule has 0 N–H and O–H groups in total. The number of nitrogens with zero attached hydrogens (tertiary/aromatic N) is 6. The van der Waals surface area contributed by atoms with Crippen LogP contribution in [0.1, 0.15) is 0 Å². The molecule has 39 heavy (non-hydrogen) atoms. The molecule has 8 rings (SSSR count). The zero-order valence-corrected chi connectivity index (χ0v) is 20.7. The molecule has 182 valence electrons. The smallest absolute Gasteiger partial charge is 0.159 e. The Morgan fingerprint density at radius 3 is 2.26 bits per heavy atom. The first-order valence-electron chi connectivity index (χ1n) is 12.8. The predicted octanol–water partition coefficient (Wildman–Crippen LogP) is 7.37. The van der Waals surface area contributed by atoms with E-state index in [1.807, 2.05) is 41.0 Å². The van der Waals surface area contributed by atoms with Gasteiger partial charge in [-0.3, -0.25) is 4.98 Å². The van der Waals surface area contributed by atoms with Gasteiger partial charge in [0.1, 0.15) is 0 Å². The molecule has 8 aromatic rings. The molecule has 6 heteroatoms. The summed E-state index contributed by atoms with van der Waals surface area (Å²) >= 11 is 0. The second kappa shape index (κ2) is 8.53. The first-order chi connectivity index (χ1) is 19.3. The summed E-state index contributed by atoms with van der Waals surface area (Å²) in [7, 11) is 0. The molecule has 0 saturated heterocycles. The number of hydrogen-bond donors (Lipinski definition) is 0. The van der Waals surface area contributed by atoms with Crippen LogP contribution in [0, 0.1) is 0 Å². The first-order valence-corrected chi connectivity index (χ1v) is 12.8. The quantitative estimate of drug-likeness (QED) is 0.237. The van der Waals surface area contributed by atoms with E-state index in [2.05, 4.69) is 82.8 Å². The SMILES string of the molecule is c1cnc(-c2ccc(-c3cc4ccc(-c5cccc6c7ccccc7nn56)nc4c4ncccc34)cc2)nc1. The van der Waals surface area contributed by atoms with E-state index in [1.165, 1.54) is 0 Å². The second-order valence-electron chi connectivity index (χ2n) is 9.47. The largest absolute Gasteiger partial charge is 0.254 e. The summed E-state index contributed by atoms with van der Waals surface area (Å²) in [6.07, 6.45) is 5.35. The van der Waals surface area contributed by atoms with Crippen molar-refractivity contribution in [2.75, 3.05) is 0 Å². The Bertz CT molecular complexity index is 2170. The number of hydrogen-bond acceptors (Lipinski definition) is 5. The fraction of sp³-hybridized carbons (Fsp3) is 0.